The number of carbonyl (C=O) groups excluding carboxylic acids is 1. The molecule has 0 unspecified atom stereocenters. The SMILES string of the molecule is C=C(C)C(=O)S[SiH3]. The van der Waals surface area contributed by atoms with Gasteiger partial charge in [0.1, 0.15) is 0 Å². The number of hydrogen-bond acceptors (Lipinski definition) is 2. The zero-order valence-electron chi connectivity index (χ0n) is 4.52. The Hall–Kier alpha value is -0.0231. The quantitative estimate of drug-likeness (QED) is 0.372. The molecular weight excluding hydrogens is 124 g/mol. The van der Waals surface area contributed by atoms with Crippen LogP contribution in [0.3, 0.4) is 0 Å². The van der Waals surface area contributed by atoms with Crippen molar-refractivity contribution in [3.63, 3.8) is 0 Å². The summed E-state index contributed by atoms with van der Waals surface area (Å²) in [6.45, 7) is 5.21. The summed E-state index contributed by atoms with van der Waals surface area (Å²) in [6.07, 6.45) is 0. The number of rotatable bonds is 1. The van der Waals surface area contributed by atoms with Crippen LogP contribution in [-0.2, 0) is 4.79 Å². The van der Waals surface area contributed by atoms with E-state index in [-0.39, 0.29) is 5.12 Å². The molecular formula is C4H8OSSi. The van der Waals surface area contributed by atoms with Crippen molar-refractivity contribution in [3.05, 3.63) is 12.2 Å². The van der Waals surface area contributed by atoms with Gasteiger partial charge in [0.2, 0.25) is 5.12 Å². The monoisotopic (exact) mass is 132 g/mol. The van der Waals surface area contributed by atoms with E-state index in [0.29, 0.717) is 5.57 Å². The second kappa shape index (κ2) is 3.04. The van der Waals surface area contributed by atoms with Crippen LogP contribution in [0.1, 0.15) is 6.92 Å². The Bertz CT molecular complexity index is 99.9. The molecule has 0 fully saturated rings. The molecule has 0 aliphatic rings. The van der Waals surface area contributed by atoms with Gasteiger partial charge in [0, 0.05) is 0 Å². The molecule has 0 aromatic carbocycles. The summed E-state index contributed by atoms with van der Waals surface area (Å²) in [6, 6.07) is 0. The fourth-order valence-corrected chi connectivity index (χ4v) is 1.57. The van der Waals surface area contributed by atoms with Gasteiger partial charge in [0.15, 0.2) is 0 Å². The van der Waals surface area contributed by atoms with Gasteiger partial charge in [-0.25, -0.2) is 0 Å². The van der Waals surface area contributed by atoms with Gasteiger partial charge in [-0.1, -0.05) is 6.58 Å². The largest absolute Gasteiger partial charge is 0.283 e. The summed E-state index contributed by atoms with van der Waals surface area (Å²) >= 11 is 1.33. The maximum atomic E-state index is 10.4. The van der Waals surface area contributed by atoms with Crippen molar-refractivity contribution >= 4 is 25.7 Å². The second-order valence-corrected chi connectivity index (χ2v) is 3.28. The molecule has 0 bridgehead atoms. The Balaban J connectivity index is 3.58. The molecule has 40 valence electrons. The Morgan fingerprint density at radius 2 is 2.29 bits per heavy atom. The molecule has 0 radical (unpaired) electrons. The summed E-state index contributed by atoms with van der Waals surface area (Å²) in [5.74, 6) is 0. The van der Waals surface area contributed by atoms with Crippen LogP contribution in [0.25, 0.3) is 0 Å². The fraction of sp³-hybridized carbons (Fsp3) is 0.250. The lowest BCUT2D eigenvalue weighted by molar-refractivity contribution is -0.107. The van der Waals surface area contributed by atoms with E-state index in [9.17, 15) is 4.79 Å². The van der Waals surface area contributed by atoms with Crippen LogP contribution in [0.5, 0.6) is 0 Å². The highest BCUT2D eigenvalue weighted by atomic mass is 32.4. The maximum Gasteiger partial charge on any atom is 0.207 e. The standard InChI is InChI=1S/C4H8OSSi/c1-3(2)4(5)6-7/h1H2,2,7H3. The first-order valence-electron chi connectivity index (χ1n) is 1.92. The van der Waals surface area contributed by atoms with E-state index in [4.69, 9.17) is 0 Å². The van der Waals surface area contributed by atoms with Gasteiger partial charge in [-0.3, -0.25) is 4.79 Å². The summed E-state index contributed by atoms with van der Waals surface area (Å²) in [5.41, 5.74) is 0.653. The number of carbonyl (C=O) groups is 1. The summed E-state index contributed by atoms with van der Waals surface area (Å²) < 4.78 is 0. The van der Waals surface area contributed by atoms with E-state index in [2.05, 4.69) is 6.58 Å². The van der Waals surface area contributed by atoms with E-state index in [1.54, 1.807) is 6.92 Å². The molecule has 0 heterocycles. The van der Waals surface area contributed by atoms with Gasteiger partial charge in [-0.05, 0) is 12.5 Å². The average molecular weight is 132 g/mol. The highest BCUT2D eigenvalue weighted by Gasteiger charge is 1.94. The molecule has 3 heteroatoms. The van der Waals surface area contributed by atoms with E-state index in [1.807, 2.05) is 0 Å². The van der Waals surface area contributed by atoms with Crippen LogP contribution in [0.4, 0.5) is 0 Å². The lowest BCUT2D eigenvalue weighted by Gasteiger charge is -1.87. The Morgan fingerprint density at radius 1 is 1.86 bits per heavy atom. The summed E-state index contributed by atoms with van der Waals surface area (Å²) in [4.78, 5) is 10.4. The predicted molar refractivity (Wildman–Crippen MR) is 37.4 cm³/mol. The first kappa shape index (κ1) is 6.98. The van der Waals surface area contributed by atoms with Gasteiger partial charge in [0.25, 0.3) is 0 Å². The minimum atomic E-state index is 0.131. The molecule has 0 spiro atoms. The fourth-order valence-electron chi connectivity index (χ4n) is 0.174. The van der Waals surface area contributed by atoms with E-state index in [1.165, 1.54) is 11.2 Å². The molecule has 1 nitrogen and oxygen atoms in total. The highest BCUT2D eigenvalue weighted by molar-refractivity contribution is 8.31. The van der Waals surface area contributed by atoms with Crippen molar-refractivity contribution in [3.8, 4) is 0 Å². The van der Waals surface area contributed by atoms with E-state index < -0.39 is 0 Å². The molecule has 0 saturated carbocycles. The first-order chi connectivity index (χ1) is 3.18. The second-order valence-electron chi connectivity index (χ2n) is 1.27. The molecule has 0 aromatic rings. The molecule has 0 aromatic heterocycles. The Labute approximate surface area is 50.2 Å². The maximum absolute atomic E-state index is 10.4. The van der Waals surface area contributed by atoms with Crippen molar-refractivity contribution in [2.24, 2.45) is 0 Å². The van der Waals surface area contributed by atoms with Crippen LogP contribution in [0, 0.1) is 0 Å². The van der Waals surface area contributed by atoms with Crippen molar-refractivity contribution < 1.29 is 4.79 Å². The molecule has 0 rings (SSSR count). The van der Waals surface area contributed by atoms with Gasteiger partial charge in [0.05, 0.1) is 9.39 Å². The van der Waals surface area contributed by atoms with Crippen LogP contribution < -0.4 is 0 Å². The normalized spacial score (nSPS) is 8.71. The zero-order chi connectivity index (χ0) is 5.86. The van der Waals surface area contributed by atoms with Crippen LogP contribution in [-0.4, -0.2) is 14.5 Å². The van der Waals surface area contributed by atoms with Crippen molar-refractivity contribution in [1.29, 1.82) is 0 Å². The molecule has 0 saturated heterocycles. The van der Waals surface area contributed by atoms with Crippen molar-refractivity contribution in [1.82, 2.24) is 0 Å². The van der Waals surface area contributed by atoms with Gasteiger partial charge >= 0.3 is 0 Å². The molecule has 0 aliphatic carbocycles. The lowest BCUT2D eigenvalue weighted by Crippen LogP contribution is -1.88. The van der Waals surface area contributed by atoms with Crippen LogP contribution in [0.2, 0.25) is 0 Å². The smallest absolute Gasteiger partial charge is 0.207 e. The molecule has 0 aliphatic heterocycles. The first-order valence-corrected chi connectivity index (χ1v) is 5.59. The van der Waals surface area contributed by atoms with Gasteiger partial charge in [-0.15, -0.1) is 11.2 Å². The minimum Gasteiger partial charge on any atom is -0.283 e. The molecule has 0 atom stereocenters. The van der Waals surface area contributed by atoms with Gasteiger partial charge < -0.3 is 0 Å². The zero-order valence-corrected chi connectivity index (χ0v) is 7.34. The third-order valence-corrected chi connectivity index (χ3v) is 2.37. The number of hydrogen-bond donors (Lipinski definition) is 0. The minimum absolute atomic E-state index is 0.131. The third-order valence-electron chi connectivity index (χ3n) is 0.534. The molecule has 7 heavy (non-hydrogen) atoms. The molecule has 0 amide bonds. The average Bonchev–Trinajstić information content (AvgIpc) is 1.65. The lowest BCUT2D eigenvalue weighted by atomic mass is 10.4. The predicted octanol–water partition coefficient (Wildman–Crippen LogP) is 0.103. The summed E-state index contributed by atoms with van der Waals surface area (Å²) in [5, 5.41) is 0.131. The molecule has 0 N–H and O–H groups in total. The third kappa shape index (κ3) is 2.65. The Morgan fingerprint density at radius 3 is 2.29 bits per heavy atom. The van der Waals surface area contributed by atoms with Crippen LogP contribution >= 0.6 is 11.2 Å². The van der Waals surface area contributed by atoms with Crippen molar-refractivity contribution in [2.75, 3.05) is 0 Å². The van der Waals surface area contributed by atoms with Gasteiger partial charge in [-0.2, -0.15) is 0 Å². The van der Waals surface area contributed by atoms with Crippen LogP contribution in [0.15, 0.2) is 12.2 Å². The van der Waals surface area contributed by atoms with E-state index >= 15 is 0 Å². The van der Waals surface area contributed by atoms with E-state index in [0.717, 1.165) is 9.39 Å². The summed E-state index contributed by atoms with van der Waals surface area (Å²) in [7, 11) is 0.877. The van der Waals surface area contributed by atoms with Crippen molar-refractivity contribution in [2.45, 2.75) is 6.92 Å². The Kier molecular flexibility index (Phi) is 3.03. The topological polar surface area (TPSA) is 17.1 Å². The highest BCUT2D eigenvalue weighted by Crippen LogP contribution is 2.00.